The molecule has 5 heteroatoms. The molecular formula is C11H15N3O2. The number of aromatic nitrogens is 1. The van der Waals surface area contributed by atoms with Crippen molar-refractivity contribution < 1.29 is 9.90 Å². The standard InChI is InChI=1S/C11H15N3O2/c15-11(16)10-7-13-5-6-14(10)8-9-1-3-12-4-2-9/h1-4,10,13H,5-8H2,(H,15,16)/t10-/m1/s1. The SMILES string of the molecule is O=C(O)[C@H]1CNCCN1Cc1ccncc1. The minimum absolute atomic E-state index is 0.429. The molecule has 0 unspecified atom stereocenters. The summed E-state index contributed by atoms with van der Waals surface area (Å²) in [5.41, 5.74) is 1.10. The van der Waals surface area contributed by atoms with Crippen LogP contribution in [0, 0.1) is 0 Å². The van der Waals surface area contributed by atoms with Gasteiger partial charge in [0.05, 0.1) is 0 Å². The molecule has 0 bridgehead atoms. The summed E-state index contributed by atoms with van der Waals surface area (Å²) in [4.78, 5) is 17.0. The molecule has 1 aliphatic heterocycles. The van der Waals surface area contributed by atoms with E-state index in [1.54, 1.807) is 12.4 Å². The van der Waals surface area contributed by atoms with Crippen LogP contribution in [0.3, 0.4) is 0 Å². The Labute approximate surface area is 94.1 Å². The maximum atomic E-state index is 11.1. The summed E-state index contributed by atoms with van der Waals surface area (Å²) < 4.78 is 0. The zero-order valence-electron chi connectivity index (χ0n) is 8.97. The molecular weight excluding hydrogens is 206 g/mol. The first-order valence-electron chi connectivity index (χ1n) is 5.34. The molecule has 5 nitrogen and oxygen atoms in total. The highest BCUT2D eigenvalue weighted by molar-refractivity contribution is 5.74. The Kier molecular flexibility index (Phi) is 3.48. The summed E-state index contributed by atoms with van der Waals surface area (Å²) >= 11 is 0. The molecule has 0 amide bonds. The third kappa shape index (κ3) is 2.56. The molecule has 0 radical (unpaired) electrons. The van der Waals surface area contributed by atoms with E-state index in [0.717, 1.165) is 18.7 Å². The Morgan fingerprint density at radius 3 is 3.00 bits per heavy atom. The first-order chi connectivity index (χ1) is 7.77. The van der Waals surface area contributed by atoms with Crippen LogP contribution in [-0.2, 0) is 11.3 Å². The van der Waals surface area contributed by atoms with Gasteiger partial charge in [-0.25, -0.2) is 0 Å². The number of carboxylic acid groups (broad SMARTS) is 1. The fourth-order valence-corrected chi connectivity index (χ4v) is 1.90. The van der Waals surface area contributed by atoms with E-state index in [1.165, 1.54) is 0 Å². The first kappa shape index (κ1) is 11.0. The van der Waals surface area contributed by atoms with E-state index < -0.39 is 12.0 Å². The van der Waals surface area contributed by atoms with Crippen molar-refractivity contribution in [2.75, 3.05) is 19.6 Å². The van der Waals surface area contributed by atoms with Crippen molar-refractivity contribution in [3.8, 4) is 0 Å². The van der Waals surface area contributed by atoms with Gasteiger partial charge in [0.25, 0.3) is 0 Å². The molecule has 0 aliphatic carbocycles. The van der Waals surface area contributed by atoms with Crippen molar-refractivity contribution in [3.63, 3.8) is 0 Å². The number of pyridine rings is 1. The van der Waals surface area contributed by atoms with E-state index in [9.17, 15) is 4.79 Å². The fraction of sp³-hybridized carbons (Fsp3) is 0.455. The van der Waals surface area contributed by atoms with Crippen LogP contribution < -0.4 is 5.32 Å². The van der Waals surface area contributed by atoms with E-state index >= 15 is 0 Å². The van der Waals surface area contributed by atoms with Gasteiger partial charge in [-0.2, -0.15) is 0 Å². The maximum Gasteiger partial charge on any atom is 0.322 e. The lowest BCUT2D eigenvalue weighted by Gasteiger charge is -2.33. The number of nitrogens with zero attached hydrogens (tertiary/aromatic N) is 2. The average molecular weight is 221 g/mol. The quantitative estimate of drug-likeness (QED) is 0.748. The molecule has 2 N–H and O–H groups in total. The highest BCUT2D eigenvalue weighted by atomic mass is 16.4. The number of carbonyl (C=O) groups is 1. The summed E-state index contributed by atoms with van der Waals surface area (Å²) in [5.74, 6) is -0.763. The molecule has 1 atom stereocenters. The third-order valence-corrected chi connectivity index (χ3v) is 2.77. The number of rotatable bonds is 3. The van der Waals surface area contributed by atoms with Crippen molar-refractivity contribution in [2.24, 2.45) is 0 Å². The Morgan fingerprint density at radius 1 is 1.56 bits per heavy atom. The van der Waals surface area contributed by atoms with Crippen LogP contribution in [0.25, 0.3) is 0 Å². The van der Waals surface area contributed by atoms with E-state index in [-0.39, 0.29) is 0 Å². The molecule has 0 aromatic carbocycles. The number of piperazine rings is 1. The highest BCUT2D eigenvalue weighted by Gasteiger charge is 2.27. The number of nitrogens with one attached hydrogen (secondary N) is 1. The highest BCUT2D eigenvalue weighted by Crippen LogP contribution is 2.09. The van der Waals surface area contributed by atoms with Gasteiger partial charge in [0, 0.05) is 38.6 Å². The van der Waals surface area contributed by atoms with Crippen molar-refractivity contribution in [1.82, 2.24) is 15.2 Å². The van der Waals surface area contributed by atoms with Crippen LogP contribution in [0.5, 0.6) is 0 Å². The van der Waals surface area contributed by atoms with Gasteiger partial charge in [0.2, 0.25) is 0 Å². The molecule has 1 saturated heterocycles. The molecule has 0 saturated carbocycles. The number of hydrogen-bond donors (Lipinski definition) is 2. The summed E-state index contributed by atoms with van der Waals surface area (Å²) in [6.45, 7) is 2.79. The maximum absolute atomic E-state index is 11.1. The largest absolute Gasteiger partial charge is 0.480 e. The van der Waals surface area contributed by atoms with Gasteiger partial charge < -0.3 is 10.4 Å². The molecule has 16 heavy (non-hydrogen) atoms. The Morgan fingerprint density at radius 2 is 2.31 bits per heavy atom. The van der Waals surface area contributed by atoms with Gasteiger partial charge >= 0.3 is 5.97 Å². The summed E-state index contributed by atoms with van der Waals surface area (Å²) in [7, 11) is 0. The second-order valence-electron chi connectivity index (χ2n) is 3.88. The topological polar surface area (TPSA) is 65.5 Å². The van der Waals surface area contributed by atoms with Crippen LogP contribution >= 0.6 is 0 Å². The molecule has 2 heterocycles. The van der Waals surface area contributed by atoms with Crippen LogP contribution in [0.4, 0.5) is 0 Å². The minimum Gasteiger partial charge on any atom is -0.480 e. The summed E-state index contributed by atoms with van der Waals surface area (Å²) in [6, 6.07) is 3.41. The van der Waals surface area contributed by atoms with Gasteiger partial charge in [-0.15, -0.1) is 0 Å². The minimum atomic E-state index is -0.763. The average Bonchev–Trinajstić information content (AvgIpc) is 2.31. The Hall–Kier alpha value is -1.46. The molecule has 86 valence electrons. The number of carboxylic acids is 1. The van der Waals surface area contributed by atoms with Gasteiger partial charge in [-0.1, -0.05) is 0 Å². The van der Waals surface area contributed by atoms with E-state index in [2.05, 4.69) is 10.3 Å². The third-order valence-electron chi connectivity index (χ3n) is 2.77. The van der Waals surface area contributed by atoms with Gasteiger partial charge in [-0.05, 0) is 17.7 Å². The normalized spacial score (nSPS) is 21.9. The first-order valence-corrected chi connectivity index (χ1v) is 5.34. The second kappa shape index (κ2) is 5.05. The Bertz CT molecular complexity index is 356. The van der Waals surface area contributed by atoms with Crippen LogP contribution in [0.15, 0.2) is 24.5 Å². The van der Waals surface area contributed by atoms with Crippen molar-refractivity contribution in [3.05, 3.63) is 30.1 Å². The lowest BCUT2D eigenvalue weighted by atomic mass is 10.1. The fourth-order valence-electron chi connectivity index (χ4n) is 1.90. The van der Waals surface area contributed by atoms with Crippen LogP contribution in [0.1, 0.15) is 5.56 Å². The van der Waals surface area contributed by atoms with Crippen molar-refractivity contribution >= 4 is 5.97 Å². The molecule has 1 fully saturated rings. The zero-order chi connectivity index (χ0) is 11.4. The van der Waals surface area contributed by atoms with Gasteiger partial charge in [0.15, 0.2) is 0 Å². The smallest absolute Gasteiger partial charge is 0.322 e. The summed E-state index contributed by atoms with van der Waals surface area (Å²) in [5, 5.41) is 12.2. The predicted octanol–water partition coefficient (Wildman–Crippen LogP) is -0.0600. The van der Waals surface area contributed by atoms with Crippen molar-refractivity contribution in [1.29, 1.82) is 0 Å². The van der Waals surface area contributed by atoms with E-state index in [0.29, 0.717) is 13.1 Å². The zero-order valence-corrected chi connectivity index (χ0v) is 8.97. The molecule has 2 rings (SSSR count). The molecule has 1 aliphatic rings. The predicted molar refractivity (Wildman–Crippen MR) is 58.9 cm³/mol. The Balaban J connectivity index is 2.04. The van der Waals surface area contributed by atoms with E-state index in [4.69, 9.17) is 5.11 Å². The van der Waals surface area contributed by atoms with Gasteiger partial charge in [0.1, 0.15) is 6.04 Å². The monoisotopic (exact) mass is 221 g/mol. The summed E-state index contributed by atoms with van der Waals surface area (Å²) in [6.07, 6.45) is 3.46. The molecule has 1 aromatic rings. The molecule has 1 aromatic heterocycles. The number of hydrogen-bond acceptors (Lipinski definition) is 4. The second-order valence-corrected chi connectivity index (χ2v) is 3.88. The molecule has 0 spiro atoms. The van der Waals surface area contributed by atoms with Gasteiger partial charge in [-0.3, -0.25) is 14.7 Å². The van der Waals surface area contributed by atoms with Crippen LogP contribution in [0.2, 0.25) is 0 Å². The van der Waals surface area contributed by atoms with Crippen LogP contribution in [-0.4, -0.2) is 46.6 Å². The lowest BCUT2D eigenvalue weighted by Crippen LogP contribution is -2.54. The van der Waals surface area contributed by atoms with Crippen molar-refractivity contribution in [2.45, 2.75) is 12.6 Å². The lowest BCUT2D eigenvalue weighted by molar-refractivity contribution is -0.144. The van der Waals surface area contributed by atoms with E-state index in [1.807, 2.05) is 17.0 Å². The number of aliphatic carboxylic acids is 1.